The van der Waals surface area contributed by atoms with Crippen LogP contribution in [0.5, 0.6) is 0 Å². The molecule has 0 fully saturated rings. The van der Waals surface area contributed by atoms with Crippen LogP contribution < -0.4 is 4.72 Å². The van der Waals surface area contributed by atoms with Gasteiger partial charge in [-0.25, -0.2) is 9.78 Å². The van der Waals surface area contributed by atoms with Crippen molar-refractivity contribution in [3.05, 3.63) is 42.4 Å². The van der Waals surface area contributed by atoms with Gasteiger partial charge >= 0.3 is 5.97 Å². The van der Waals surface area contributed by atoms with Crippen molar-refractivity contribution in [2.24, 2.45) is 0 Å². The summed E-state index contributed by atoms with van der Waals surface area (Å²) < 4.78 is 30.6. The Labute approximate surface area is 109 Å². The Balaban J connectivity index is 2.19. The maximum atomic E-state index is 11.9. The first-order chi connectivity index (χ1) is 9.03. The first-order valence-corrected chi connectivity index (χ1v) is 6.71. The first-order valence-electron chi connectivity index (χ1n) is 5.22. The number of hydrogen-bond acceptors (Lipinski definition) is 5. The summed E-state index contributed by atoms with van der Waals surface area (Å²) in [6.07, 6.45) is 2.47. The van der Waals surface area contributed by atoms with Crippen LogP contribution >= 0.6 is 0 Å². The molecular formula is C11H11N3O4S. The largest absolute Gasteiger partial charge is 0.465 e. The van der Waals surface area contributed by atoms with E-state index in [0.717, 1.165) is 0 Å². The molecule has 0 saturated heterocycles. The molecule has 1 aromatic carbocycles. The van der Waals surface area contributed by atoms with E-state index in [4.69, 9.17) is 0 Å². The van der Waals surface area contributed by atoms with E-state index in [0.29, 0.717) is 11.3 Å². The molecule has 0 amide bonds. The van der Waals surface area contributed by atoms with E-state index in [2.05, 4.69) is 19.4 Å². The zero-order valence-electron chi connectivity index (χ0n) is 9.95. The number of methoxy groups -OCH3 is 1. The van der Waals surface area contributed by atoms with Crippen LogP contribution in [-0.4, -0.2) is 31.5 Å². The number of nitrogens with one attached hydrogen (secondary N) is 2. The minimum atomic E-state index is -3.69. The number of hydrogen-bond donors (Lipinski definition) is 2. The van der Waals surface area contributed by atoms with Gasteiger partial charge < -0.3 is 9.72 Å². The number of H-pyrrole nitrogens is 1. The summed E-state index contributed by atoms with van der Waals surface area (Å²) in [5, 5.41) is -0.0375. The van der Waals surface area contributed by atoms with E-state index in [1.165, 1.54) is 43.9 Å². The minimum Gasteiger partial charge on any atom is -0.465 e. The van der Waals surface area contributed by atoms with Gasteiger partial charge in [0.1, 0.15) is 0 Å². The molecule has 0 saturated carbocycles. The molecule has 2 rings (SSSR count). The topological polar surface area (TPSA) is 101 Å². The normalized spacial score (nSPS) is 11.0. The van der Waals surface area contributed by atoms with Crippen molar-refractivity contribution in [3.8, 4) is 0 Å². The number of carbonyl (C=O) groups excluding carboxylic acids is 1. The maximum absolute atomic E-state index is 11.9. The van der Waals surface area contributed by atoms with Crippen molar-refractivity contribution in [3.63, 3.8) is 0 Å². The third kappa shape index (κ3) is 2.91. The predicted octanol–water partition coefficient (Wildman–Crippen LogP) is 0.997. The molecular weight excluding hydrogens is 270 g/mol. The van der Waals surface area contributed by atoms with Crippen molar-refractivity contribution in [2.75, 3.05) is 11.8 Å². The quantitative estimate of drug-likeness (QED) is 0.814. The fourth-order valence-corrected chi connectivity index (χ4v) is 2.36. The molecule has 0 aliphatic carbocycles. The molecule has 0 aliphatic heterocycles. The van der Waals surface area contributed by atoms with Gasteiger partial charge in [-0.3, -0.25) is 4.72 Å². The van der Waals surface area contributed by atoms with Crippen molar-refractivity contribution >= 4 is 21.7 Å². The molecule has 1 heterocycles. The van der Waals surface area contributed by atoms with E-state index in [1.807, 2.05) is 0 Å². The Kier molecular flexibility index (Phi) is 3.52. The smallest absolute Gasteiger partial charge is 0.337 e. The number of ether oxygens (including phenoxy) is 1. The standard InChI is InChI=1S/C11H11N3O4S/c1-18-11(15)8-2-4-9(5-3-8)14-19(16,17)10-6-12-7-13-10/h2-7,14H,1H3,(H,12,13). The van der Waals surface area contributed by atoms with Crippen LogP contribution in [0.4, 0.5) is 5.69 Å². The lowest BCUT2D eigenvalue weighted by Gasteiger charge is -2.06. The second-order valence-corrected chi connectivity index (χ2v) is 5.24. The average molecular weight is 281 g/mol. The highest BCUT2D eigenvalue weighted by Gasteiger charge is 2.15. The van der Waals surface area contributed by atoms with Gasteiger partial charge in [-0.2, -0.15) is 8.42 Å². The van der Waals surface area contributed by atoms with Crippen LogP contribution in [0.25, 0.3) is 0 Å². The van der Waals surface area contributed by atoms with Crippen LogP contribution in [0.2, 0.25) is 0 Å². The Morgan fingerprint density at radius 3 is 2.53 bits per heavy atom. The van der Waals surface area contributed by atoms with E-state index in [1.54, 1.807) is 0 Å². The van der Waals surface area contributed by atoms with Gasteiger partial charge in [-0.15, -0.1) is 0 Å². The van der Waals surface area contributed by atoms with Crippen LogP contribution in [0.3, 0.4) is 0 Å². The van der Waals surface area contributed by atoms with Crippen LogP contribution in [0.1, 0.15) is 10.4 Å². The van der Waals surface area contributed by atoms with Gasteiger partial charge in [0.2, 0.25) is 0 Å². The molecule has 0 spiro atoms. The summed E-state index contributed by atoms with van der Waals surface area (Å²) in [7, 11) is -2.42. The van der Waals surface area contributed by atoms with Crippen molar-refractivity contribution in [2.45, 2.75) is 5.03 Å². The van der Waals surface area contributed by atoms with Gasteiger partial charge in [-0.1, -0.05) is 0 Å². The highest BCUT2D eigenvalue weighted by atomic mass is 32.2. The average Bonchev–Trinajstić information content (AvgIpc) is 2.93. The number of nitrogens with zero attached hydrogens (tertiary/aromatic N) is 1. The second-order valence-electron chi connectivity index (χ2n) is 3.59. The summed E-state index contributed by atoms with van der Waals surface area (Å²) in [5.41, 5.74) is 0.675. The molecule has 100 valence electrons. The Morgan fingerprint density at radius 1 is 1.32 bits per heavy atom. The third-order valence-corrected chi connectivity index (χ3v) is 3.63. The number of aromatic amines is 1. The summed E-state index contributed by atoms with van der Waals surface area (Å²) in [4.78, 5) is 17.4. The SMILES string of the molecule is COC(=O)c1ccc(NS(=O)(=O)c2cnc[nH]2)cc1. The number of rotatable bonds is 4. The lowest BCUT2D eigenvalue weighted by atomic mass is 10.2. The molecule has 0 bridgehead atoms. The Hall–Kier alpha value is -2.35. The summed E-state index contributed by atoms with van der Waals surface area (Å²) in [6.45, 7) is 0. The van der Waals surface area contributed by atoms with E-state index in [9.17, 15) is 13.2 Å². The van der Waals surface area contributed by atoms with Gasteiger partial charge in [0.25, 0.3) is 10.0 Å². The maximum Gasteiger partial charge on any atom is 0.337 e. The molecule has 0 radical (unpaired) electrons. The molecule has 0 aliphatic rings. The number of anilines is 1. The highest BCUT2D eigenvalue weighted by molar-refractivity contribution is 7.92. The number of aromatic nitrogens is 2. The fourth-order valence-electron chi connectivity index (χ4n) is 1.39. The molecule has 19 heavy (non-hydrogen) atoms. The lowest BCUT2D eigenvalue weighted by molar-refractivity contribution is 0.0601. The Bertz CT molecular complexity index is 662. The Morgan fingerprint density at radius 2 is 2.00 bits per heavy atom. The molecule has 2 aromatic rings. The molecule has 7 nitrogen and oxygen atoms in total. The number of carbonyl (C=O) groups is 1. The predicted molar refractivity (Wildman–Crippen MR) is 67.2 cm³/mol. The molecule has 8 heteroatoms. The summed E-state index contributed by atoms with van der Waals surface area (Å²) in [5.74, 6) is -0.483. The van der Waals surface area contributed by atoms with Crippen LogP contribution in [0.15, 0.2) is 41.8 Å². The first kappa shape index (κ1) is 13.1. The third-order valence-electron chi connectivity index (χ3n) is 2.32. The molecule has 0 atom stereocenters. The van der Waals surface area contributed by atoms with E-state index in [-0.39, 0.29) is 5.03 Å². The molecule has 0 unspecified atom stereocenters. The minimum absolute atomic E-state index is 0.0375. The summed E-state index contributed by atoms with van der Waals surface area (Å²) in [6, 6.07) is 5.88. The van der Waals surface area contributed by atoms with Crippen molar-refractivity contribution < 1.29 is 17.9 Å². The highest BCUT2D eigenvalue weighted by Crippen LogP contribution is 2.15. The molecule has 2 N–H and O–H groups in total. The van der Waals surface area contributed by atoms with E-state index < -0.39 is 16.0 Å². The van der Waals surface area contributed by atoms with Gasteiger partial charge in [0, 0.05) is 5.69 Å². The van der Waals surface area contributed by atoms with Crippen LogP contribution in [0, 0.1) is 0 Å². The summed E-state index contributed by atoms with van der Waals surface area (Å²) >= 11 is 0. The van der Waals surface area contributed by atoms with Gasteiger partial charge in [-0.05, 0) is 24.3 Å². The van der Waals surface area contributed by atoms with Gasteiger partial charge in [0.15, 0.2) is 5.03 Å². The number of benzene rings is 1. The van der Waals surface area contributed by atoms with E-state index >= 15 is 0 Å². The lowest BCUT2D eigenvalue weighted by Crippen LogP contribution is -2.13. The fraction of sp³-hybridized carbons (Fsp3) is 0.0909. The van der Waals surface area contributed by atoms with Crippen molar-refractivity contribution in [1.82, 2.24) is 9.97 Å². The second kappa shape index (κ2) is 5.11. The molecule has 1 aromatic heterocycles. The van der Waals surface area contributed by atoms with Crippen molar-refractivity contribution in [1.29, 1.82) is 0 Å². The van der Waals surface area contributed by atoms with Crippen LogP contribution in [-0.2, 0) is 14.8 Å². The number of esters is 1. The van der Waals surface area contributed by atoms with Gasteiger partial charge in [0.05, 0.1) is 25.2 Å². The number of imidazole rings is 1. The monoisotopic (exact) mass is 281 g/mol. The number of sulfonamides is 1. The zero-order chi connectivity index (χ0) is 13.9. The zero-order valence-corrected chi connectivity index (χ0v) is 10.8.